The van der Waals surface area contributed by atoms with Crippen LogP contribution < -0.4 is 5.56 Å². The number of hydrogen-bond acceptors (Lipinski definition) is 4. The van der Waals surface area contributed by atoms with E-state index < -0.39 is 11.4 Å². The molecule has 7 heteroatoms. The van der Waals surface area contributed by atoms with Crippen molar-refractivity contribution in [3.05, 3.63) is 64.7 Å². The molecule has 3 N–H and O–H groups in total. The van der Waals surface area contributed by atoms with E-state index in [-0.39, 0.29) is 17.1 Å². The highest BCUT2D eigenvalue weighted by Gasteiger charge is 2.14. The second kappa shape index (κ2) is 5.65. The second-order valence-electron chi connectivity index (χ2n) is 4.50. The summed E-state index contributed by atoms with van der Waals surface area (Å²) in [6.07, 6.45) is 0. The predicted octanol–water partition coefficient (Wildman–Crippen LogP) is 3.63. The molecule has 110 valence electrons. The SMILES string of the molecule is O=c1[nH][nH]c(-c2ccccc2O)c1N=Nc1cccc(F)c1. The summed E-state index contributed by atoms with van der Waals surface area (Å²) in [6, 6.07) is 12.1. The Hall–Kier alpha value is -3.22. The van der Waals surface area contributed by atoms with Crippen LogP contribution in [0.5, 0.6) is 5.75 Å². The number of nitrogens with one attached hydrogen (secondary N) is 2. The lowest BCUT2D eigenvalue weighted by atomic mass is 10.1. The molecule has 0 radical (unpaired) electrons. The molecule has 0 atom stereocenters. The van der Waals surface area contributed by atoms with E-state index in [0.717, 1.165) is 0 Å². The number of halogens is 1. The first-order valence-corrected chi connectivity index (χ1v) is 6.41. The number of rotatable bonds is 3. The molecular weight excluding hydrogens is 287 g/mol. The zero-order valence-electron chi connectivity index (χ0n) is 11.2. The van der Waals surface area contributed by atoms with E-state index >= 15 is 0 Å². The molecule has 0 bridgehead atoms. The highest BCUT2D eigenvalue weighted by atomic mass is 19.1. The van der Waals surface area contributed by atoms with Gasteiger partial charge in [0.15, 0.2) is 5.69 Å². The van der Waals surface area contributed by atoms with Gasteiger partial charge in [0.2, 0.25) is 0 Å². The van der Waals surface area contributed by atoms with Gasteiger partial charge in [0.05, 0.1) is 11.4 Å². The van der Waals surface area contributed by atoms with Gasteiger partial charge in [-0.2, -0.15) is 5.11 Å². The molecule has 0 aliphatic carbocycles. The third-order valence-corrected chi connectivity index (χ3v) is 3.00. The number of azo groups is 1. The van der Waals surface area contributed by atoms with Crippen LogP contribution in [-0.2, 0) is 0 Å². The van der Waals surface area contributed by atoms with Crippen LogP contribution in [-0.4, -0.2) is 15.3 Å². The first-order chi connectivity index (χ1) is 10.6. The highest BCUT2D eigenvalue weighted by molar-refractivity contribution is 5.75. The van der Waals surface area contributed by atoms with E-state index in [1.807, 2.05) is 0 Å². The standard InChI is InChI=1S/C15H11FN4O2/c16-9-4-3-5-10(8-9)17-19-14-13(18-20-15(14)22)11-6-1-2-7-12(11)21/h1-8,21H,(H2,18,20,22). The fraction of sp³-hybridized carbons (Fsp3) is 0. The van der Waals surface area contributed by atoms with Crippen LogP contribution in [0.15, 0.2) is 63.6 Å². The lowest BCUT2D eigenvalue weighted by Crippen LogP contribution is -1.96. The van der Waals surface area contributed by atoms with Crippen LogP contribution in [0.2, 0.25) is 0 Å². The van der Waals surface area contributed by atoms with Crippen molar-refractivity contribution in [3.63, 3.8) is 0 Å². The van der Waals surface area contributed by atoms with Crippen molar-refractivity contribution in [1.29, 1.82) is 0 Å². The summed E-state index contributed by atoms with van der Waals surface area (Å²) in [7, 11) is 0. The van der Waals surface area contributed by atoms with E-state index in [4.69, 9.17) is 0 Å². The maximum atomic E-state index is 13.1. The quantitative estimate of drug-likeness (QED) is 0.644. The highest BCUT2D eigenvalue weighted by Crippen LogP contribution is 2.32. The normalized spacial score (nSPS) is 11.1. The van der Waals surface area contributed by atoms with Crippen molar-refractivity contribution in [2.75, 3.05) is 0 Å². The Morgan fingerprint density at radius 1 is 1.00 bits per heavy atom. The van der Waals surface area contributed by atoms with Crippen LogP contribution in [0.1, 0.15) is 0 Å². The Balaban J connectivity index is 2.04. The third kappa shape index (κ3) is 2.64. The zero-order valence-corrected chi connectivity index (χ0v) is 11.2. The molecule has 6 nitrogen and oxygen atoms in total. The van der Waals surface area contributed by atoms with Crippen molar-refractivity contribution >= 4 is 11.4 Å². The van der Waals surface area contributed by atoms with Crippen molar-refractivity contribution in [2.24, 2.45) is 10.2 Å². The van der Waals surface area contributed by atoms with Gasteiger partial charge in [-0.25, -0.2) is 4.39 Å². The first kappa shape index (κ1) is 13.7. The van der Waals surface area contributed by atoms with Crippen LogP contribution >= 0.6 is 0 Å². The molecule has 0 unspecified atom stereocenters. The van der Waals surface area contributed by atoms with Crippen molar-refractivity contribution < 1.29 is 9.50 Å². The number of aromatic hydroxyl groups is 1. The average Bonchev–Trinajstić information content (AvgIpc) is 2.87. The molecule has 0 aliphatic heterocycles. The Kier molecular flexibility index (Phi) is 3.53. The van der Waals surface area contributed by atoms with E-state index in [9.17, 15) is 14.3 Å². The average molecular weight is 298 g/mol. The van der Waals surface area contributed by atoms with Crippen molar-refractivity contribution in [2.45, 2.75) is 0 Å². The van der Waals surface area contributed by atoms with Gasteiger partial charge in [0.25, 0.3) is 5.56 Å². The maximum Gasteiger partial charge on any atom is 0.292 e. The zero-order chi connectivity index (χ0) is 15.5. The van der Waals surface area contributed by atoms with Gasteiger partial charge in [0.1, 0.15) is 11.6 Å². The van der Waals surface area contributed by atoms with Crippen molar-refractivity contribution in [3.8, 4) is 17.0 Å². The van der Waals surface area contributed by atoms with Crippen molar-refractivity contribution in [1.82, 2.24) is 10.2 Å². The fourth-order valence-electron chi connectivity index (χ4n) is 1.97. The molecule has 0 saturated heterocycles. The number of nitrogens with zero attached hydrogens (tertiary/aromatic N) is 2. The number of para-hydroxylation sites is 1. The fourth-order valence-corrected chi connectivity index (χ4v) is 1.97. The predicted molar refractivity (Wildman–Crippen MR) is 79.1 cm³/mol. The Bertz CT molecular complexity index is 898. The summed E-state index contributed by atoms with van der Waals surface area (Å²) in [5, 5.41) is 22.6. The summed E-state index contributed by atoms with van der Waals surface area (Å²) in [4.78, 5) is 11.8. The molecule has 22 heavy (non-hydrogen) atoms. The topological polar surface area (TPSA) is 93.6 Å². The largest absolute Gasteiger partial charge is 0.507 e. The molecule has 3 aromatic rings. The van der Waals surface area contributed by atoms with Gasteiger partial charge >= 0.3 is 0 Å². The van der Waals surface area contributed by atoms with Gasteiger partial charge in [0, 0.05) is 11.6 Å². The van der Waals surface area contributed by atoms with Gasteiger partial charge < -0.3 is 5.11 Å². The number of aromatic amines is 2. The van der Waals surface area contributed by atoms with Crippen LogP contribution in [0, 0.1) is 5.82 Å². The second-order valence-corrected chi connectivity index (χ2v) is 4.50. The Morgan fingerprint density at radius 2 is 1.82 bits per heavy atom. The maximum absolute atomic E-state index is 13.1. The summed E-state index contributed by atoms with van der Waals surface area (Å²) >= 11 is 0. The molecule has 2 aromatic carbocycles. The minimum absolute atomic E-state index is 0.0000412. The summed E-state index contributed by atoms with van der Waals surface area (Å²) < 4.78 is 13.1. The molecule has 0 saturated carbocycles. The molecule has 0 spiro atoms. The van der Waals surface area contributed by atoms with E-state index in [0.29, 0.717) is 11.3 Å². The van der Waals surface area contributed by atoms with Crippen LogP contribution in [0.4, 0.5) is 15.8 Å². The number of benzene rings is 2. The minimum atomic E-state index is -0.488. The Morgan fingerprint density at radius 3 is 2.59 bits per heavy atom. The van der Waals surface area contributed by atoms with Gasteiger partial charge in [-0.05, 0) is 24.3 Å². The molecular formula is C15H11FN4O2. The van der Waals surface area contributed by atoms with E-state index in [1.165, 1.54) is 24.3 Å². The van der Waals surface area contributed by atoms with Crippen LogP contribution in [0.25, 0.3) is 11.3 Å². The van der Waals surface area contributed by atoms with Gasteiger partial charge in [-0.3, -0.25) is 15.0 Å². The van der Waals surface area contributed by atoms with Gasteiger partial charge in [-0.15, -0.1) is 5.11 Å². The first-order valence-electron chi connectivity index (χ1n) is 6.41. The summed E-state index contributed by atoms with van der Waals surface area (Å²) in [5.41, 5.74) is 0.519. The molecule has 1 heterocycles. The molecule has 1 aromatic heterocycles. The number of phenolic OH excluding ortho intramolecular Hbond substituents is 1. The number of hydrogen-bond donors (Lipinski definition) is 3. The Labute approximate surface area is 124 Å². The monoisotopic (exact) mass is 298 g/mol. The number of phenols is 1. The summed E-state index contributed by atoms with van der Waals surface area (Å²) in [6.45, 7) is 0. The van der Waals surface area contributed by atoms with Gasteiger partial charge in [-0.1, -0.05) is 18.2 Å². The lowest BCUT2D eigenvalue weighted by molar-refractivity contribution is 0.477. The van der Waals surface area contributed by atoms with E-state index in [1.54, 1.807) is 24.3 Å². The minimum Gasteiger partial charge on any atom is -0.507 e. The third-order valence-electron chi connectivity index (χ3n) is 3.00. The molecule has 0 aliphatic rings. The smallest absolute Gasteiger partial charge is 0.292 e. The molecule has 0 fully saturated rings. The number of H-pyrrole nitrogens is 2. The number of aromatic nitrogens is 2. The van der Waals surface area contributed by atoms with E-state index in [2.05, 4.69) is 20.4 Å². The molecule has 3 rings (SSSR count). The lowest BCUT2D eigenvalue weighted by Gasteiger charge is -2.01. The summed E-state index contributed by atoms with van der Waals surface area (Å²) in [5.74, 6) is -0.444. The van der Waals surface area contributed by atoms with Crippen LogP contribution in [0.3, 0.4) is 0 Å². The molecule has 0 amide bonds.